The van der Waals surface area contributed by atoms with Crippen molar-refractivity contribution >= 4 is 55.1 Å². The van der Waals surface area contributed by atoms with Crippen LogP contribution in [0.25, 0.3) is 15.9 Å². The molecular weight excluding hydrogens is 536 g/mol. The smallest absolute Gasteiger partial charge is 0.229 e. The molecule has 1 aliphatic rings. The van der Waals surface area contributed by atoms with E-state index in [-0.39, 0.29) is 12.6 Å². The van der Waals surface area contributed by atoms with Crippen molar-refractivity contribution in [3.05, 3.63) is 34.5 Å². The Kier molecular flexibility index (Phi) is 6.67. The molecule has 5 rings (SSSR count). The van der Waals surface area contributed by atoms with E-state index in [2.05, 4.69) is 31.1 Å². The Balaban J connectivity index is 1.50. The molecule has 184 valence electrons. The van der Waals surface area contributed by atoms with Gasteiger partial charge in [0.15, 0.2) is 11.5 Å². The molecule has 1 unspecified atom stereocenters. The quantitative estimate of drug-likeness (QED) is 0.324. The maximum atomic E-state index is 9.78. The fourth-order valence-electron chi connectivity index (χ4n) is 4.26. The number of rotatable bonds is 8. The van der Waals surface area contributed by atoms with Crippen molar-refractivity contribution in [3.8, 4) is 22.9 Å². The Bertz CT molecular complexity index is 1330. The van der Waals surface area contributed by atoms with Gasteiger partial charge in [-0.2, -0.15) is 4.98 Å². The van der Waals surface area contributed by atoms with Gasteiger partial charge in [-0.25, -0.2) is 9.97 Å². The number of aliphatic hydroxyl groups is 1. The number of hydrogen-bond donors (Lipinski definition) is 2. The van der Waals surface area contributed by atoms with E-state index in [1.54, 1.807) is 39.0 Å². The molecule has 1 aromatic carbocycles. The van der Waals surface area contributed by atoms with Gasteiger partial charge in [0.2, 0.25) is 11.7 Å². The van der Waals surface area contributed by atoms with Crippen LogP contribution in [0.4, 0.5) is 17.6 Å². The molecule has 0 spiro atoms. The number of aromatic nitrogens is 4. The first-order chi connectivity index (χ1) is 17.0. The third kappa shape index (κ3) is 4.48. The standard InChI is InChI=1S/C23H25BrN6O4S/c1-32-16-7-14(8-17(33-2)20(16)34-3)29-10-19(25-12-29)26-21-15-9-18(24)35-22(15)28-23(27-21)30-6-4-5-13(30)11-31/h7-10,12-13,31H,4-6,11H2,1-3H3,(H,26,27,28). The number of aliphatic hydroxyl groups excluding tert-OH is 1. The third-order valence-corrected chi connectivity index (χ3v) is 7.50. The van der Waals surface area contributed by atoms with Gasteiger partial charge in [-0.15, -0.1) is 11.3 Å². The van der Waals surface area contributed by atoms with Crippen LogP contribution in [0.1, 0.15) is 12.8 Å². The van der Waals surface area contributed by atoms with Gasteiger partial charge in [-0.3, -0.25) is 0 Å². The lowest BCUT2D eigenvalue weighted by Gasteiger charge is -2.23. The summed E-state index contributed by atoms with van der Waals surface area (Å²) in [4.78, 5) is 17.1. The molecule has 10 nitrogen and oxygen atoms in total. The normalized spacial score (nSPS) is 15.6. The van der Waals surface area contributed by atoms with E-state index >= 15 is 0 Å². The molecule has 0 amide bonds. The lowest BCUT2D eigenvalue weighted by atomic mass is 10.2. The van der Waals surface area contributed by atoms with E-state index in [1.807, 2.05) is 29.0 Å². The second-order valence-corrected chi connectivity index (χ2v) is 10.4. The van der Waals surface area contributed by atoms with Gasteiger partial charge in [-0.05, 0) is 34.8 Å². The Hall–Kier alpha value is -3.09. The van der Waals surface area contributed by atoms with Crippen molar-refractivity contribution in [2.45, 2.75) is 18.9 Å². The van der Waals surface area contributed by atoms with Crippen molar-refractivity contribution in [3.63, 3.8) is 0 Å². The molecule has 3 aromatic heterocycles. The topological polar surface area (TPSA) is 107 Å². The SMILES string of the molecule is COc1cc(-n2cnc(Nc3nc(N4CCCC4CO)nc4sc(Br)cc34)c2)cc(OC)c1OC. The summed E-state index contributed by atoms with van der Waals surface area (Å²) in [7, 11) is 4.74. The minimum Gasteiger partial charge on any atom is -0.493 e. The second-order valence-electron chi connectivity index (χ2n) is 7.99. The fourth-order valence-corrected chi connectivity index (χ4v) is 5.70. The van der Waals surface area contributed by atoms with Crippen LogP contribution in [0.5, 0.6) is 17.2 Å². The molecule has 35 heavy (non-hydrogen) atoms. The maximum absolute atomic E-state index is 9.78. The molecule has 1 aliphatic heterocycles. The predicted molar refractivity (Wildman–Crippen MR) is 139 cm³/mol. The summed E-state index contributed by atoms with van der Waals surface area (Å²) in [5.41, 5.74) is 0.801. The van der Waals surface area contributed by atoms with Crippen molar-refractivity contribution in [1.82, 2.24) is 19.5 Å². The highest BCUT2D eigenvalue weighted by Gasteiger charge is 2.27. The molecule has 2 N–H and O–H groups in total. The van der Waals surface area contributed by atoms with Gasteiger partial charge in [0.1, 0.15) is 22.8 Å². The van der Waals surface area contributed by atoms with Crippen LogP contribution in [0, 0.1) is 0 Å². The summed E-state index contributed by atoms with van der Waals surface area (Å²) >= 11 is 5.11. The number of benzene rings is 1. The minimum atomic E-state index is 0.0305. The number of ether oxygens (including phenoxy) is 3. The number of anilines is 3. The van der Waals surface area contributed by atoms with Gasteiger partial charge in [0.25, 0.3) is 0 Å². The summed E-state index contributed by atoms with van der Waals surface area (Å²) in [6.07, 6.45) is 5.49. The first kappa shape index (κ1) is 23.6. The average molecular weight is 561 g/mol. The van der Waals surface area contributed by atoms with Gasteiger partial charge < -0.3 is 34.1 Å². The lowest BCUT2D eigenvalue weighted by molar-refractivity contribution is 0.265. The number of imidazole rings is 1. The Morgan fingerprint density at radius 1 is 1.14 bits per heavy atom. The monoisotopic (exact) mass is 560 g/mol. The molecule has 0 bridgehead atoms. The highest BCUT2D eigenvalue weighted by molar-refractivity contribution is 9.11. The second kappa shape index (κ2) is 9.88. The lowest BCUT2D eigenvalue weighted by Crippen LogP contribution is -2.33. The minimum absolute atomic E-state index is 0.0305. The molecule has 1 fully saturated rings. The van der Waals surface area contributed by atoms with Gasteiger partial charge in [-0.1, -0.05) is 0 Å². The summed E-state index contributed by atoms with van der Waals surface area (Å²) in [5, 5.41) is 14.0. The zero-order chi connectivity index (χ0) is 24.5. The first-order valence-electron chi connectivity index (χ1n) is 11.0. The van der Waals surface area contributed by atoms with Crippen LogP contribution in [-0.2, 0) is 0 Å². The molecule has 4 heterocycles. The Labute approximate surface area is 214 Å². The summed E-state index contributed by atoms with van der Waals surface area (Å²) in [6.45, 7) is 0.899. The first-order valence-corrected chi connectivity index (χ1v) is 12.6. The van der Waals surface area contributed by atoms with Crippen LogP contribution < -0.4 is 24.4 Å². The summed E-state index contributed by atoms with van der Waals surface area (Å²) in [6, 6.07) is 5.73. The summed E-state index contributed by atoms with van der Waals surface area (Å²) < 4.78 is 19.2. The van der Waals surface area contributed by atoms with Crippen molar-refractivity contribution in [2.24, 2.45) is 0 Å². The molecule has 0 radical (unpaired) electrons. The predicted octanol–water partition coefficient (Wildman–Crippen LogP) is 4.37. The van der Waals surface area contributed by atoms with E-state index in [0.717, 1.165) is 39.1 Å². The molecule has 4 aromatic rings. The maximum Gasteiger partial charge on any atom is 0.229 e. The van der Waals surface area contributed by atoms with E-state index < -0.39 is 0 Å². The molecule has 1 atom stereocenters. The van der Waals surface area contributed by atoms with Crippen LogP contribution >= 0.6 is 27.3 Å². The molecular formula is C23H25BrN6O4S. The van der Waals surface area contributed by atoms with Crippen LogP contribution in [-0.4, -0.2) is 65.1 Å². The zero-order valence-electron chi connectivity index (χ0n) is 19.5. The van der Waals surface area contributed by atoms with Gasteiger partial charge in [0, 0.05) is 18.7 Å². The Morgan fingerprint density at radius 2 is 1.91 bits per heavy atom. The third-order valence-electron chi connectivity index (χ3n) is 5.97. The molecule has 12 heteroatoms. The van der Waals surface area contributed by atoms with Crippen LogP contribution in [0.3, 0.4) is 0 Å². The van der Waals surface area contributed by atoms with E-state index in [1.165, 1.54) is 0 Å². The molecule has 0 aliphatic carbocycles. The van der Waals surface area contributed by atoms with Crippen LogP contribution in [0.15, 0.2) is 34.5 Å². The number of fused-ring (bicyclic) bond motifs is 1. The fraction of sp³-hybridized carbons (Fsp3) is 0.348. The number of thiophene rings is 1. The zero-order valence-corrected chi connectivity index (χ0v) is 21.9. The number of nitrogens with zero attached hydrogens (tertiary/aromatic N) is 5. The van der Waals surface area contributed by atoms with Crippen LogP contribution in [0.2, 0.25) is 0 Å². The van der Waals surface area contributed by atoms with E-state index in [4.69, 9.17) is 24.2 Å². The number of methoxy groups -OCH3 is 3. The number of hydrogen-bond acceptors (Lipinski definition) is 10. The molecule has 0 saturated carbocycles. The summed E-state index contributed by atoms with van der Waals surface area (Å²) in [5.74, 6) is 3.52. The average Bonchev–Trinajstić information content (AvgIpc) is 3.62. The van der Waals surface area contributed by atoms with Crippen molar-refractivity contribution in [1.29, 1.82) is 0 Å². The molecule has 1 saturated heterocycles. The number of nitrogens with one attached hydrogen (secondary N) is 1. The van der Waals surface area contributed by atoms with Crippen molar-refractivity contribution in [2.75, 3.05) is 44.7 Å². The van der Waals surface area contributed by atoms with E-state index in [9.17, 15) is 5.11 Å². The highest BCUT2D eigenvalue weighted by atomic mass is 79.9. The largest absolute Gasteiger partial charge is 0.493 e. The Morgan fingerprint density at radius 3 is 2.60 bits per heavy atom. The highest BCUT2D eigenvalue weighted by Crippen LogP contribution is 2.40. The van der Waals surface area contributed by atoms with Crippen molar-refractivity contribution < 1.29 is 19.3 Å². The van der Waals surface area contributed by atoms with Gasteiger partial charge in [0.05, 0.1) is 55.0 Å². The van der Waals surface area contributed by atoms with E-state index in [0.29, 0.717) is 34.8 Å². The number of halogens is 1. The van der Waals surface area contributed by atoms with Gasteiger partial charge >= 0.3 is 0 Å².